The van der Waals surface area contributed by atoms with Gasteiger partial charge in [0.05, 0.1) is 0 Å². The number of hydrogen-bond donors (Lipinski definition) is 2. The average molecular weight is 299 g/mol. The highest BCUT2D eigenvalue weighted by molar-refractivity contribution is 6.30. The van der Waals surface area contributed by atoms with Gasteiger partial charge in [0.15, 0.2) is 0 Å². The topological polar surface area (TPSA) is 27.8 Å². The van der Waals surface area contributed by atoms with E-state index in [0.717, 1.165) is 24.5 Å². The van der Waals surface area contributed by atoms with Crippen LogP contribution in [0.4, 0.5) is 0 Å². The normalized spacial score (nSPS) is 11.1. The molecule has 0 saturated carbocycles. The highest BCUT2D eigenvalue weighted by atomic mass is 35.5. The largest absolute Gasteiger partial charge is 0.361 e. The summed E-state index contributed by atoms with van der Waals surface area (Å²) < 4.78 is 0. The molecule has 0 spiro atoms. The molecule has 0 aliphatic rings. The number of aryl methyl sites for hydroxylation is 1. The van der Waals surface area contributed by atoms with Crippen molar-refractivity contribution in [2.75, 3.05) is 6.54 Å². The number of para-hydroxylation sites is 1. The second-order valence-corrected chi connectivity index (χ2v) is 5.86. The van der Waals surface area contributed by atoms with Gasteiger partial charge in [-0.15, -0.1) is 0 Å². The van der Waals surface area contributed by atoms with Gasteiger partial charge in [0.2, 0.25) is 0 Å². The van der Waals surface area contributed by atoms with E-state index in [0.29, 0.717) is 0 Å². The summed E-state index contributed by atoms with van der Waals surface area (Å²) in [6, 6.07) is 14.6. The highest BCUT2D eigenvalue weighted by Gasteiger charge is 2.02. The molecule has 0 atom stereocenters. The van der Waals surface area contributed by atoms with Gasteiger partial charge in [-0.3, -0.25) is 0 Å². The van der Waals surface area contributed by atoms with Gasteiger partial charge in [-0.25, -0.2) is 0 Å². The van der Waals surface area contributed by atoms with Crippen molar-refractivity contribution in [2.24, 2.45) is 0 Å². The Morgan fingerprint density at radius 3 is 2.86 bits per heavy atom. The van der Waals surface area contributed by atoms with Crippen LogP contribution in [0.5, 0.6) is 0 Å². The van der Waals surface area contributed by atoms with E-state index in [9.17, 15) is 0 Å². The summed E-state index contributed by atoms with van der Waals surface area (Å²) in [6.07, 6.45) is 3.12. The van der Waals surface area contributed by atoms with E-state index < -0.39 is 0 Å². The van der Waals surface area contributed by atoms with Crippen molar-refractivity contribution >= 4 is 22.5 Å². The third kappa shape index (κ3) is 3.46. The van der Waals surface area contributed by atoms with E-state index in [-0.39, 0.29) is 0 Å². The van der Waals surface area contributed by atoms with Crippen molar-refractivity contribution in [3.63, 3.8) is 0 Å². The fraction of sp³-hybridized carbons (Fsp3) is 0.222. The lowest BCUT2D eigenvalue weighted by Crippen LogP contribution is -2.16. The van der Waals surface area contributed by atoms with Gasteiger partial charge in [-0.2, -0.15) is 0 Å². The molecule has 2 aromatic carbocycles. The first-order valence-corrected chi connectivity index (χ1v) is 7.62. The summed E-state index contributed by atoms with van der Waals surface area (Å²) in [5.41, 5.74) is 5.01. The molecule has 108 valence electrons. The molecule has 0 unspecified atom stereocenters. The molecule has 0 aliphatic heterocycles. The number of hydrogen-bond acceptors (Lipinski definition) is 1. The van der Waals surface area contributed by atoms with Crippen LogP contribution in [-0.4, -0.2) is 11.5 Å². The van der Waals surface area contributed by atoms with E-state index in [1.807, 2.05) is 12.1 Å². The Kier molecular flexibility index (Phi) is 4.28. The zero-order valence-corrected chi connectivity index (χ0v) is 12.9. The minimum atomic E-state index is 0.809. The van der Waals surface area contributed by atoms with E-state index in [1.54, 1.807) is 0 Å². The predicted octanol–water partition coefficient (Wildman–Crippen LogP) is 4.46. The Hall–Kier alpha value is -1.77. The first-order valence-electron chi connectivity index (χ1n) is 7.24. The Morgan fingerprint density at radius 2 is 2.00 bits per heavy atom. The lowest BCUT2D eigenvalue weighted by Gasteiger charge is -2.06. The van der Waals surface area contributed by atoms with Crippen LogP contribution in [0.1, 0.15) is 16.7 Å². The lowest BCUT2D eigenvalue weighted by molar-refractivity contribution is 0.688. The van der Waals surface area contributed by atoms with Gasteiger partial charge in [-0.1, -0.05) is 35.9 Å². The zero-order chi connectivity index (χ0) is 14.7. The van der Waals surface area contributed by atoms with E-state index in [2.05, 4.69) is 53.8 Å². The van der Waals surface area contributed by atoms with Gasteiger partial charge in [0.1, 0.15) is 0 Å². The van der Waals surface area contributed by atoms with Crippen molar-refractivity contribution < 1.29 is 0 Å². The number of aromatic nitrogens is 1. The quantitative estimate of drug-likeness (QED) is 0.669. The monoisotopic (exact) mass is 298 g/mol. The first kappa shape index (κ1) is 14.2. The molecule has 0 fully saturated rings. The van der Waals surface area contributed by atoms with Crippen molar-refractivity contribution in [2.45, 2.75) is 19.9 Å². The minimum Gasteiger partial charge on any atom is -0.361 e. The summed E-state index contributed by atoms with van der Waals surface area (Å²) >= 11 is 6.08. The smallest absolute Gasteiger partial charge is 0.0456 e. The number of aromatic amines is 1. The van der Waals surface area contributed by atoms with Crippen LogP contribution in [0, 0.1) is 6.92 Å². The molecule has 0 bridgehead atoms. The van der Waals surface area contributed by atoms with Crippen LogP contribution < -0.4 is 5.32 Å². The standard InChI is InChI=1S/C18H19ClN2/c1-13-8-14(10-16(19)9-13)11-20-7-6-15-12-21-18-5-3-2-4-17(15)18/h2-5,8-10,12,20-21H,6-7,11H2,1H3. The van der Waals surface area contributed by atoms with Gasteiger partial charge in [-0.05, 0) is 54.8 Å². The number of nitrogens with one attached hydrogen (secondary N) is 2. The van der Waals surface area contributed by atoms with E-state index >= 15 is 0 Å². The number of fused-ring (bicyclic) bond motifs is 1. The second-order valence-electron chi connectivity index (χ2n) is 5.42. The Morgan fingerprint density at radius 1 is 1.14 bits per heavy atom. The molecule has 2 N–H and O–H groups in total. The summed E-state index contributed by atoms with van der Waals surface area (Å²) in [5.74, 6) is 0. The summed E-state index contributed by atoms with van der Waals surface area (Å²) in [4.78, 5) is 3.32. The Labute approximate surface area is 130 Å². The average Bonchev–Trinajstić information content (AvgIpc) is 2.86. The Balaban J connectivity index is 1.56. The fourth-order valence-electron chi connectivity index (χ4n) is 2.71. The third-order valence-corrected chi connectivity index (χ3v) is 3.90. The van der Waals surface area contributed by atoms with Crippen LogP contribution in [0.2, 0.25) is 5.02 Å². The maximum atomic E-state index is 6.08. The van der Waals surface area contributed by atoms with Crippen LogP contribution in [0.3, 0.4) is 0 Å². The molecular formula is C18H19ClN2. The number of H-pyrrole nitrogens is 1. The second kappa shape index (κ2) is 6.33. The molecule has 0 radical (unpaired) electrons. The molecule has 1 aromatic heterocycles. The lowest BCUT2D eigenvalue weighted by atomic mass is 10.1. The highest BCUT2D eigenvalue weighted by Crippen LogP contribution is 2.18. The van der Waals surface area contributed by atoms with Crippen LogP contribution in [0.15, 0.2) is 48.7 Å². The van der Waals surface area contributed by atoms with Crippen molar-refractivity contribution in [1.29, 1.82) is 0 Å². The van der Waals surface area contributed by atoms with Gasteiger partial charge >= 0.3 is 0 Å². The van der Waals surface area contributed by atoms with Crippen LogP contribution in [0.25, 0.3) is 10.9 Å². The molecule has 21 heavy (non-hydrogen) atoms. The molecule has 2 nitrogen and oxygen atoms in total. The predicted molar refractivity (Wildman–Crippen MR) is 89.9 cm³/mol. The van der Waals surface area contributed by atoms with Gasteiger partial charge < -0.3 is 10.3 Å². The molecule has 0 aliphatic carbocycles. The summed E-state index contributed by atoms with van der Waals surface area (Å²) in [6.45, 7) is 3.87. The summed E-state index contributed by atoms with van der Waals surface area (Å²) in [7, 11) is 0. The minimum absolute atomic E-state index is 0.809. The first-order chi connectivity index (χ1) is 10.2. The van der Waals surface area contributed by atoms with Crippen molar-refractivity contribution in [3.8, 4) is 0 Å². The molecule has 0 saturated heterocycles. The summed E-state index contributed by atoms with van der Waals surface area (Å²) in [5, 5.41) is 5.61. The maximum Gasteiger partial charge on any atom is 0.0456 e. The van der Waals surface area contributed by atoms with Crippen LogP contribution in [-0.2, 0) is 13.0 Å². The third-order valence-electron chi connectivity index (χ3n) is 3.68. The van der Waals surface area contributed by atoms with E-state index in [4.69, 9.17) is 11.6 Å². The van der Waals surface area contributed by atoms with Gasteiger partial charge in [0.25, 0.3) is 0 Å². The van der Waals surface area contributed by atoms with Gasteiger partial charge in [0, 0.05) is 28.7 Å². The van der Waals surface area contributed by atoms with Crippen LogP contribution >= 0.6 is 11.6 Å². The Bertz CT molecular complexity index is 726. The number of benzene rings is 2. The molecule has 0 amide bonds. The molecule has 1 heterocycles. The zero-order valence-electron chi connectivity index (χ0n) is 12.1. The molecule has 3 heteroatoms. The SMILES string of the molecule is Cc1cc(Cl)cc(CNCCc2c[nH]c3ccccc23)c1. The molecule has 3 aromatic rings. The molecule has 3 rings (SSSR count). The van der Waals surface area contributed by atoms with Crippen molar-refractivity contribution in [1.82, 2.24) is 10.3 Å². The number of rotatable bonds is 5. The molecular weight excluding hydrogens is 280 g/mol. The number of halogens is 1. The maximum absolute atomic E-state index is 6.08. The van der Waals surface area contributed by atoms with Crippen molar-refractivity contribution in [3.05, 3.63) is 70.4 Å². The van der Waals surface area contributed by atoms with E-state index in [1.165, 1.54) is 27.6 Å². The fourth-order valence-corrected chi connectivity index (χ4v) is 3.02.